The maximum absolute atomic E-state index is 11.0. The van der Waals surface area contributed by atoms with Crippen molar-refractivity contribution in [1.82, 2.24) is 0 Å². The van der Waals surface area contributed by atoms with Gasteiger partial charge in [0.1, 0.15) is 0 Å². The van der Waals surface area contributed by atoms with E-state index >= 15 is 0 Å². The van der Waals surface area contributed by atoms with E-state index in [1.165, 1.54) is 0 Å². The van der Waals surface area contributed by atoms with Crippen LogP contribution >= 0.6 is 0 Å². The van der Waals surface area contributed by atoms with Gasteiger partial charge >= 0.3 is 82.1 Å². The molecule has 0 aromatic carbocycles. The Balaban J connectivity index is 2.76. The summed E-state index contributed by atoms with van der Waals surface area (Å²) in [6, 6.07) is 0. The van der Waals surface area contributed by atoms with Crippen LogP contribution in [0.25, 0.3) is 0 Å². The average molecular weight is 162 g/mol. The summed E-state index contributed by atoms with van der Waals surface area (Å²) in [4.78, 5) is 32.9. The van der Waals surface area contributed by atoms with Crippen molar-refractivity contribution < 1.29 is 14.4 Å². The Morgan fingerprint density at radius 2 is 1.73 bits per heavy atom. The normalized spacial score (nSPS) is 27.1. The van der Waals surface area contributed by atoms with Gasteiger partial charge in [0.25, 0.3) is 0 Å². The Bertz CT molecular complexity index is 222. The zero-order valence-electron chi connectivity index (χ0n) is 6.42. The van der Waals surface area contributed by atoms with Crippen molar-refractivity contribution in [2.45, 2.75) is 22.4 Å². The summed E-state index contributed by atoms with van der Waals surface area (Å²) in [6.45, 7) is 0. The second-order valence-electron chi connectivity index (χ2n) is 2.87. The first kappa shape index (κ1) is 9.10. The molecule has 1 rings (SSSR count). The fourth-order valence-electron chi connectivity index (χ4n) is 1.09. The van der Waals surface area contributed by atoms with Gasteiger partial charge in [-0.05, 0) is 0 Å². The van der Waals surface area contributed by atoms with Crippen molar-refractivity contribution >= 4 is 45.3 Å². The van der Waals surface area contributed by atoms with Crippen molar-refractivity contribution in [2.75, 3.05) is 0 Å². The Labute approximate surface area is 81.9 Å². The number of hydrogen-bond acceptors (Lipinski definition) is 3. The maximum atomic E-state index is 11.0. The molecule has 1 atom stereocenters. The van der Waals surface area contributed by atoms with Crippen LogP contribution in [0, 0.1) is 0 Å². The molecule has 0 aromatic rings. The Morgan fingerprint density at radius 1 is 1.09 bits per heavy atom. The molecule has 3 nitrogen and oxygen atoms in total. The summed E-state index contributed by atoms with van der Waals surface area (Å²) >= 11 is 0.556. The molecular formula is C7H7NaO3. The van der Waals surface area contributed by atoms with Crippen molar-refractivity contribution in [3.05, 3.63) is 0 Å². The summed E-state index contributed by atoms with van der Waals surface area (Å²) in [5, 5.41) is 0. The van der Waals surface area contributed by atoms with Crippen molar-refractivity contribution in [3.63, 3.8) is 0 Å². The zero-order valence-corrected chi connectivity index (χ0v) is 8.42. The fraction of sp³-hybridized carbons (Fsp3) is 0.571. The minimum absolute atomic E-state index is 0.0140. The molecule has 0 spiro atoms. The molecule has 0 amide bonds. The molecule has 0 saturated heterocycles. The number of hydrogen-bond donors (Lipinski definition) is 0. The van der Waals surface area contributed by atoms with Gasteiger partial charge < -0.3 is 0 Å². The van der Waals surface area contributed by atoms with E-state index in [0.717, 1.165) is 0 Å². The minimum atomic E-state index is -0.415. The first-order valence-corrected chi connectivity index (χ1v) is 4.84. The molecule has 0 aromatic heterocycles. The molecular weight excluding hydrogens is 155 g/mol. The van der Waals surface area contributed by atoms with E-state index in [4.69, 9.17) is 0 Å². The standard InChI is InChI=1S/C7H7O3.Na/c8-5-1-2-6(9)4-7(10)3-5;/h3H,1-2,4H2;. The van der Waals surface area contributed by atoms with Gasteiger partial charge in [0.2, 0.25) is 0 Å². The number of carbonyl (C=O) groups excluding carboxylic acids is 3. The number of ketones is 3. The van der Waals surface area contributed by atoms with E-state index < -0.39 is 3.17 Å². The Kier molecular flexibility index (Phi) is 2.98. The molecule has 0 N–H and O–H groups in total. The van der Waals surface area contributed by atoms with E-state index in [2.05, 4.69) is 0 Å². The van der Waals surface area contributed by atoms with Crippen LogP contribution in [0.4, 0.5) is 0 Å². The molecule has 1 saturated carbocycles. The van der Waals surface area contributed by atoms with Gasteiger partial charge in [-0.25, -0.2) is 0 Å². The third-order valence-electron chi connectivity index (χ3n) is 1.99. The van der Waals surface area contributed by atoms with Crippen LogP contribution in [0.1, 0.15) is 19.3 Å². The molecule has 1 aliphatic carbocycles. The monoisotopic (exact) mass is 162 g/mol. The second-order valence-corrected chi connectivity index (χ2v) is 4.02. The van der Waals surface area contributed by atoms with Crippen LogP contribution in [-0.4, -0.2) is 45.3 Å². The van der Waals surface area contributed by atoms with E-state index in [9.17, 15) is 14.4 Å². The number of carbonyl (C=O) groups is 3. The number of Topliss-reactive ketones (excluding diaryl/α,β-unsaturated/α-hetero) is 3. The van der Waals surface area contributed by atoms with Crippen LogP contribution in [-0.2, 0) is 14.4 Å². The van der Waals surface area contributed by atoms with Crippen LogP contribution in [0.15, 0.2) is 0 Å². The van der Waals surface area contributed by atoms with Gasteiger partial charge in [-0.15, -0.1) is 0 Å². The third-order valence-corrected chi connectivity index (χ3v) is 3.28. The van der Waals surface area contributed by atoms with E-state index in [1.807, 2.05) is 0 Å². The first-order valence-electron chi connectivity index (χ1n) is 3.68. The summed E-state index contributed by atoms with van der Waals surface area (Å²) in [5.41, 5.74) is 0. The van der Waals surface area contributed by atoms with Gasteiger partial charge in [0, 0.05) is 0 Å². The predicted molar refractivity (Wildman–Crippen MR) is 38.4 cm³/mol. The van der Waals surface area contributed by atoms with Gasteiger partial charge in [-0.2, -0.15) is 0 Å². The van der Waals surface area contributed by atoms with Gasteiger partial charge in [-0.3, -0.25) is 0 Å². The summed E-state index contributed by atoms with van der Waals surface area (Å²) in [5.74, 6) is -0.279. The van der Waals surface area contributed by atoms with Crippen LogP contribution in [0.2, 0.25) is 3.17 Å². The van der Waals surface area contributed by atoms with Gasteiger partial charge in [0.05, 0.1) is 0 Å². The topological polar surface area (TPSA) is 51.2 Å². The van der Waals surface area contributed by atoms with Crippen molar-refractivity contribution in [2.24, 2.45) is 0 Å². The summed E-state index contributed by atoms with van der Waals surface area (Å²) in [7, 11) is 0. The number of rotatable bonds is 0. The second kappa shape index (κ2) is 3.61. The third kappa shape index (κ3) is 2.22. The first-order chi connectivity index (χ1) is 5.11. The fourth-order valence-corrected chi connectivity index (χ4v) is 1.59. The molecule has 1 fully saturated rings. The van der Waals surface area contributed by atoms with E-state index in [0.29, 0.717) is 27.9 Å². The molecule has 54 valence electrons. The average Bonchev–Trinajstić information content (AvgIpc) is 2.05. The molecule has 0 bridgehead atoms. The van der Waals surface area contributed by atoms with Gasteiger partial charge in [0.15, 0.2) is 0 Å². The molecule has 0 radical (unpaired) electrons. The molecule has 0 aliphatic heterocycles. The SMILES string of the molecule is O=C1CCC(=O)[CH]([Na])C(=O)C1. The van der Waals surface area contributed by atoms with E-state index in [1.54, 1.807) is 0 Å². The molecule has 0 heterocycles. The van der Waals surface area contributed by atoms with E-state index in [-0.39, 0.29) is 36.6 Å². The predicted octanol–water partition coefficient (Wildman–Crippen LogP) is -0.165. The van der Waals surface area contributed by atoms with Crippen LogP contribution < -0.4 is 0 Å². The van der Waals surface area contributed by atoms with Gasteiger partial charge in [-0.1, -0.05) is 0 Å². The quantitative estimate of drug-likeness (QED) is 0.282. The molecule has 1 unspecified atom stereocenters. The molecule has 11 heavy (non-hydrogen) atoms. The van der Waals surface area contributed by atoms with Crippen molar-refractivity contribution in [1.29, 1.82) is 0 Å². The molecule has 4 heteroatoms. The Hall–Kier alpha value is 0.01000. The van der Waals surface area contributed by atoms with Crippen LogP contribution in [0.3, 0.4) is 0 Å². The van der Waals surface area contributed by atoms with Crippen LogP contribution in [0.5, 0.6) is 0 Å². The Morgan fingerprint density at radius 3 is 2.36 bits per heavy atom. The summed E-state index contributed by atoms with van der Waals surface area (Å²) in [6.07, 6.45) is 0.530. The zero-order chi connectivity index (χ0) is 8.43. The molecule has 1 aliphatic rings. The summed E-state index contributed by atoms with van der Waals surface area (Å²) < 4.78 is -0.415. The van der Waals surface area contributed by atoms with Crippen molar-refractivity contribution in [3.8, 4) is 0 Å².